The van der Waals surface area contributed by atoms with Crippen molar-refractivity contribution in [3.63, 3.8) is 0 Å². The van der Waals surface area contributed by atoms with Crippen LogP contribution in [0.5, 0.6) is 5.75 Å². The molecule has 0 saturated carbocycles. The smallest absolute Gasteiger partial charge is 0.342 e. The minimum absolute atomic E-state index is 0.104. The number of hydrogen-bond acceptors (Lipinski definition) is 5. The Morgan fingerprint density at radius 3 is 2.50 bits per heavy atom. The molecule has 0 saturated heterocycles. The van der Waals surface area contributed by atoms with Gasteiger partial charge in [-0.1, -0.05) is 29.8 Å². The summed E-state index contributed by atoms with van der Waals surface area (Å²) in [5, 5.41) is 0.204. The summed E-state index contributed by atoms with van der Waals surface area (Å²) in [6, 6.07) is 11.8. The molecule has 0 heterocycles. The Labute approximate surface area is 144 Å². The molecule has 1 amide bonds. The predicted octanol–water partition coefficient (Wildman–Crippen LogP) is 2.75. The number of anilines is 2. The summed E-state index contributed by atoms with van der Waals surface area (Å²) >= 11 is 5.92. The zero-order chi connectivity index (χ0) is 17.7. The molecule has 6 nitrogen and oxygen atoms in total. The monoisotopic (exact) mass is 348 g/mol. The van der Waals surface area contributed by atoms with Crippen LogP contribution < -0.4 is 15.4 Å². The number of nitrogens with two attached hydrogens (primary N) is 1. The van der Waals surface area contributed by atoms with Gasteiger partial charge in [-0.3, -0.25) is 4.79 Å². The lowest BCUT2D eigenvalue weighted by atomic mass is 10.2. The number of halogens is 1. The van der Waals surface area contributed by atoms with E-state index in [1.165, 1.54) is 24.1 Å². The second kappa shape index (κ2) is 7.70. The first-order chi connectivity index (χ1) is 11.4. The third-order valence-electron chi connectivity index (χ3n) is 3.38. The van der Waals surface area contributed by atoms with Crippen molar-refractivity contribution < 1.29 is 19.1 Å². The van der Waals surface area contributed by atoms with Gasteiger partial charge in [0.2, 0.25) is 0 Å². The molecule has 2 rings (SSSR count). The van der Waals surface area contributed by atoms with Gasteiger partial charge >= 0.3 is 5.97 Å². The van der Waals surface area contributed by atoms with Crippen molar-refractivity contribution in [3.8, 4) is 5.75 Å². The zero-order valence-electron chi connectivity index (χ0n) is 13.3. The Morgan fingerprint density at radius 1 is 1.21 bits per heavy atom. The van der Waals surface area contributed by atoms with Crippen molar-refractivity contribution in [1.29, 1.82) is 0 Å². The van der Waals surface area contributed by atoms with Crippen LogP contribution in [0.2, 0.25) is 5.02 Å². The van der Waals surface area contributed by atoms with Crippen LogP contribution >= 0.6 is 11.6 Å². The second-order valence-corrected chi connectivity index (χ2v) is 5.35. The van der Waals surface area contributed by atoms with Gasteiger partial charge in [0.15, 0.2) is 6.61 Å². The molecule has 2 N–H and O–H groups in total. The van der Waals surface area contributed by atoms with Gasteiger partial charge in [-0.25, -0.2) is 4.79 Å². The van der Waals surface area contributed by atoms with Gasteiger partial charge in [0, 0.05) is 18.8 Å². The Morgan fingerprint density at radius 2 is 1.88 bits per heavy atom. The number of benzene rings is 2. The summed E-state index contributed by atoms with van der Waals surface area (Å²) in [5.74, 6) is -0.857. The maximum Gasteiger partial charge on any atom is 0.342 e. The van der Waals surface area contributed by atoms with E-state index < -0.39 is 12.6 Å². The van der Waals surface area contributed by atoms with E-state index >= 15 is 0 Å². The Kier molecular flexibility index (Phi) is 5.65. The number of para-hydroxylation sites is 1. The molecule has 0 aliphatic heterocycles. The topological polar surface area (TPSA) is 81.9 Å². The zero-order valence-corrected chi connectivity index (χ0v) is 14.0. The Bertz CT molecular complexity index is 750. The van der Waals surface area contributed by atoms with Crippen LogP contribution in [0.1, 0.15) is 10.4 Å². The molecule has 2 aromatic rings. The molecule has 0 atom stereocenters. The van der Waals surface area contributed by atoms with Crippen LogP contribution in [0.25, 0.3) is 0 Å². The number of carbonyl (C=O) groups is 2. The van der Waals surface area contributed by atoms with E-state index in [0.717, 1.165) is 0 Å². The van der Waals surface area contributed by atoms with Crippen molar-refractivity contribution >= 4 is 34.9 Å². The average molecular weight is 349 g/mol. The van der Waals surface area contributed by atoms with Crippen molar-refractivity contribution in [2.75, 3.05) is 31.4 Å². The summed E-state index contributed by atoms with van der Waals surface area (Å²) in [4.78, 5) is 25.7. The maximum absolute atomic E-state index is 12.2. The molecule has 0 bridgehead atoms. The maximum atomic E-state index is 12.2. The third kappa shape index (κ3) is 3.97. The second-order valence-electron chi connectivity index (χ2n) is 4.94. The largest absolute Gasteiger partial charge is 0.496 e. The number of amides is 1. The highest BCUT2D eigenvalue weighted by Crippen LogP contribution is 2.29. The van der Waals surface area contributed by atoms with Gasteiger partial charge in [0.05, 0.1) is 17.8 Å². The van der Waals surface area contributed by atoms with E-state index in [1.54, 1.807) is 19.2 Å². The van der Waals surface area contributed by atoms with Gasteiger partial charge < -0.3 is 20.1 Å². The number of carbonyl (C=O) groups excluding carboxylic acids is 2. The fourth-order valence-corrected chi connectivity index (χ4v) is 2.16. The number of nitrogen functional groups attached to an aromatic ring is 1. The summed E-state index contributed by atoms with van der Waals surface area (Å²) in [5.41, 5.74) is 6.75. The highest BCUT2D eigenvalue weighted by Gasteiger charge is 2.19. The highest BCUT2D eigenvalue weighted by atomic mass is 35.5. The number of hydrogen-bond donors (Lipinski definition) is 1. The van der Waals surface area contributed by atoms with Gasteiger partial charge in [0.1, 0.15) is 11.3 Å². The normalized spacial score (nSPS) is 10.1. The SMILES string of the molecule is COc1cc(N)c(Cl)cc1C(=O)OCC(=O)N(C)c1ccccc1. The average Bonchev–Trinajstić information content (AvgIpc) is 2.61. The van der Waals surface area contributed by atoms with E-state index in [-0.39, 0.29) is 27.9 Å². The molecular weight excluding hydrogens is 332 g/mol. The van der Waals surface area contributed by atoms with E-state index in [9.17, 15) is 9.59 Å². The fraction of sp³-hybridized carbons (Fsp3) is 0.176. The Balaban J connectivity index is 2.05. The molecule has 126 valence electrons. The number of likely N-dealkylation sites (N-methyl/N-ethyl adjacent to an activating group) is 1. The fourth-order valence-electron chi connectivity index (χ4n) is 1.99. The minimum atomic E-state index is -0.719. The molecular formula is C17H17ClN2O4. The molecule has 0 aromatic heterocycles. The molecule has 24 heavy (non-hydrogen) atoms. The van der Waals surface area contributed by atoms with Gasteiger partial charge in [-0.05, 0) is 18.2 Å². The first kappa shape index (κ1) is 17.6. The lowest BCUT2D eigenvalue weighted by Gasteiger charge is -2.17. The van der Waals surface area contributed by atoms with Gasteiger partial charge in [0.25, 0.3) is 5.91 Å². The van der Waals surface area contributed by atoms with Crippen molar-refractivity contribution in [3.05, 3.63) is 53.1 Å². The number of ether oxygens (including phenoxy) is 2. The standard InChI is InChI=1S/C17H17ClN2O4/c1-20(11-6-4-3-5-7-11)16(21)10-24-17(22)12-8-13(18)14(19)9-15(12)23-2/h3-9H,10,19H2,1-2H3. The van der Waals surface area contributed by atoms with E-state index in [4.69, 9.17) is 26.8 Å². The molecule has 2 aromatic carbocycles. The Hall–Kier alpha value is -2.73. The molecule has 0 spiro atoms. The number of nitrogens with zero attached hydrogens (tertiary/aromatic N) is 1. The van der Waals surface area contributed by atoms with Crippen LogP contribution in [-0.2, 0) is 9.53 Å². The number of methoxy groups -OCH3 is 1. The van der Waals surface area contributed by atoms with Crippen LogP contribution in [-0.4, -0.2) is 32.6 Å². The van der Waals surface area contributed by atoms with Crippen LogP contribution in [0.4, 0.5) is 11.4 Å². The molecule has 0 aliphatic carbocycles. The molecule has 0 unspecified atom stereocenters. The van der Waals surface area contributed by atoms with Gasteiger partial charge in [-0.2, -0.15) is 0 Å². The summed E-state index contributed by atoms with van der Waals surface area (Å²) in [6.07, 6.45) is 0. The quantitative estimate of drug-likeness (QED) is 0.663. The lowest BCUT2D eigenvalue weighted by Crippen LogP contribution is -2.31. The first-order valence-corrected chi connectivity index (χ1v) is 7.43. The summed E-state index contributed by atoms with van der Waals surface area (Å²) in [7, 11) is 3.00. The van der Waals surface area contributed by atoms with Crippen molar-refractivity contribution in [2.24, 2.45) is 0 Å². The molecule has 0 fully saturated rings. The van der Waals surface area contributed by atoms with Crippen LogP contribution in [0, 0.1) is 0 Å². The predicted molar refractivity (Wildman–Crippen MR) is 92.6 cm³/mol. The summed E-state index contributed by atoms with van der Waals surface area (Å²) < 4.78 is 10.2. The van der Waals surface area contributed by atoms with Gasteiger partial charge in [-0.15, -0.1) is 0 Å². The molecule has 0 aliphatic rings. The molecule has 0 radical (unpaired) electrons. The highest BCUT2D eigenvalue weighted by molar-refractivity contribution is 6.33. The number of esters is 1. The van der Waals surface area contributed by atoms with E-state index in [2.05, 4.69) is 0 Å². The first-order valence-electron chi connectivity index (χ1n) is 7.05. The van der Waals surface area contributed by atoms with Crippen LogP contribution in [0.3, 0.4) is 0 Å². The van der Waals surface area contributed by atoms with Crippen molar-refractivity contribution in [2.45, 2.75) is 0 Å². The van der Waals surface area contributed by atoms with Crippen LogP contribution in [0.15, 0.2) is 42.5 Å². The summed E-state index contributed by atoms with van der Waals surface area (Å²) in [6.45, 7) is -0.407. The lowest BCUT2D eigenvalue weighted by molar-refractivity contribution is -0.121. The van der Waals surface area contributed by atoms with Crippen molar-refractivity contribution in [1.82, 2.24) is 0 Å². The number of rotatable bonds is 5. The minimum Gasteiger partial charge on any atom is -0.496 e. The molecule has 7 heteroatoms. The van der Waals surface area contributed by atoms with E-state index in [1.807, 2.05) is 18.2 Å². The van der Waals surface area contributed by atoms with E-state index in [0.29, 0.717) is 5.69 Å². The third-order valence-corrected chi connectivity index (χ3v) is 3.71.